The van der Waals surface area contributed by atoms with Gasteiger partial charge in [-0.1, -0.05) is 182 Å². The van der Waals surface area contributed by atoms with E-state index in [0.717, 1.165) is 83.5 Å². The van der Waals surface area contributed by atoms with Crippen LogP contribution in [0.4, 0.5) is 0 Å². The number of ether oxygens (including phenoxy) is 4. The highest BCUT2D eigenvalue weighted by Crippen LogP contribution is 2.30. The summed E-state index contributed by atoms with van der Waals surface area (Å²) in [7, 11) is 0. The van der Waals surface area contributed by atoms with Crippen molar-refractivity contribution in [3.05, 3.63) is 85.1 Å². The van der Waals surface area contributed by atoms with E-state index in [2.05, 4.69) is 92.1 Å². The molecule has 12 unspecified atom stereocenters. The third-order valence-electron chi connectivity index (χ3n) is 13.1. The van der Waals surface area contributed by atoms with Gasteiger partial charge in [-0.2, -0.15) is 0 Å². The van der Waals surface area contributed by atoms with E-state index in [1.165, 1.54) is 64.2 Å². The molecule has 2 rings (SSSR count). The van der Waals surface area contributed by atoms with Gasteiger partial charge in [-0.25, -0.2) is 0 Å². The van der Waals surface area contributed by atoms with Crippen LogP contribution in [0, 0.1) is 0 Å². The number of carbonyl (C=O) groups excluding carboxylic acids is 1. The van der Waals surface area contributed by atoms with Crippen LogP contribution >= 0.6 is 0 Å². The summed E-state index contributed by atoms with van der Waals surface area (Å²) < 4.78 is 22.7. The van der Waals surface area contributed by atoms with Crippen LogP contribution in [0.5, 0.6) is 0 Å². The second-order valence-corrected chi connectivity index (χ2v) is 19.3. The van der Waals surface area contributed by atoms with Crippen molar-refractivity contribution in [2.24, 2.45) is 0 Å². The van der Waals surface area contributed by atoms with Crippen LogP contribution in [0.1, 0.15) is 181 Å². The first kappa shape index (κ1) is 65.3. The second kappa shape index (κ2) is 43.4. The molecule has 0 aromatic carbocycles. The molecule has 2 saturated heterocycles. The molecule has 414 valence electrons. The van der Waals surface area contributed by atoms with Crippen molar-refractivity contribution in [2.45, 2.75) is 254 Å². The Labute approximate surface area is 433 Å². The average molecular weight is 1020 g/mol. The molecule has 0 radical (unpaired) electrons. The molecule has 12 atom stereocenters. The quantitative estimate of drug-likeness (QED) is 0.0207. The van der Waals surface area contributed by atoms with Gasteiger partial charge in [0.25, 0.3) is 0 Å². The predicted octanol–water partition coefficient (Wildman–Crippen LogP) is 8.55. The van der Waals surface area contributed by atoms with Crippen LogP contribution < -0.4 is 5.32 Å². The van der Waals surface area contributed by atoms with Crippen LogP contribution in [-0.2, 0) is 23.7 Å². The molecule has 0 spiro atoms. The lowest BCUT2D eigenvalue weighted by atomic mass is 9.97. The smallest absolute Gasteiger partial charge is 0.220 e. The predicted molar refractivity (Wildman–Crippen MR) is 286 cm³/mol. The summed E-state index contributed by atoms with van der Waals surface area (Å²) in [6.07, 6.45) is 40.4. The molecule has 2 fully saturated rings. The number of rotatable bonds is 42. The molecular weight excluding hydrogens is 919 g/mol. The molecule has 0 bridgehead atoms. The fourth-order valence-electron chi connectivity index (χ4n) is 8.57. The lowest BCUT2D eigenvalue weighted by molar-refractivity contribution is -0.359. The number of unbranched alkanes of at least 4 members (excludes halogenated alkanes) is 17. The molecule has 0 aromatic heterocycles. The summed E-state index contributed by atoms with van der Waals surface area (Å²) in [6, 6.07) is -0.942. The Morgan fingerprint density at radius 3 is 1.53 bits per heavy atom. The van der Waals surface area contributed by atoms with Gasteiger partial charge in [-0.05, 0) is 77.0 Å². The van der Waals surface area contributed by atoms with Crippen molar-refractivity contribution in [3.63, 3.8) is 0 Å². The Bertz CT molecular complexity index is 1530. The van der Waals surface area contributed by atoms with Crippen molar-refractivity contribution < 1.29 is 64.6 Å². The molecule has 72 heavy (non-hydrogen) atoms. The van der Waals surface area contributed by atoms with E-state index in [-0.39, 0.29) is 18.9 Å². The van der Waals surface area contributed by atoms with E-state index in [9.17, 15) is 45.6 Å². The molecule has 9 N–H and O–H groups in total. The van der Waals surface area contributed by atoms with Crippen LogP contribution in [0.2, 0.25) is 0 Å². The summed E-state index contributed by atoms with van der Waals surface area (Å²) in [4.78, 5) is 13.2. The zero-order valence-corrected chi connectivity index (χ0v) is 44.1. The fourth-order valence-corrected chi connectivity index (χ4v) is 8.57. The minimum Gasteiger partial charge on any atom is -0.394 e. The second-order valence-electron chi connectivity index (χ2n) is 19.3. The van der Waals surface area contributed by atoms with Gasteiger partial charge in [0, 0.05) is 6.42 Å². The van der Waals surface area contributed by atoms with Gasteiger partial charge < -0.3 is 65.1 Å². The largest absolute Gasteiger partial charge is 0.394 e. The molecule has 1 amide bonds. The molecular formula is C58H99NO13. The third-order valence-corrected chi connectivity index (χ3v) is 13.1. The van der Waals surface area contributed by atoms with Gasteiger partial charge in [0.1, 0.15) is 48.8 Å². The molecule has 2 aliphatic heterocycles. The Hall–Kier alpha value is -2.83. The minimum atomic E-state index is -1.80. The summed E-state index contributed by atoms with van der Waals surface area (Å²) in [5.41, 5.74) is 0. The summed E-state index contributed by atoms with van der Waals surface area (Å²) in [5, 5.41) is 86.9. The number of aliphatic hydroxyl groups excluding tert-OH is 8. The first-order valence-corrected chi connectivity index (χ1v) is 27.8. The fraction of sp³-hybridized carbons (Fsp3) is 0.741. The zero-order valence-electron chi connectivity index (χ0n) is 44.1. The molecule has 0 aromatic rings. The van der Waals surface area contributed by atoms with Gasteiger partial charge in [-0.15, -0.1) is 0 Å². The van der Waals surface area contributed by atoms with E-state index in [1.807, 2.05) is 6.08 Å². The molecule has 2 aliphatic rings. The Kier molecular flexibility index (Phi) is 39.4. The third kappa shape index (κ3) is 29.3. The molecule has 2 heterocycles. The van der Waals surface area contributed by atoms with Crippen molar-refractivity contribution in [1.29, 1.82) is 0 Å². The maximum atomic E-state index is 13.2. The number of amides is 1. The molecule has 0 aliphatic carbocycles. The van der Waals surface area contributed by atoms with E-state index in [4.69, 9.17) is 18.9 Å². The maximum absolute atomic E-state index is 13.2. The van der Waals surface area contributed by atoms with E-state index in [1.54, 1.807) is 6.08 Å². The topological polar surface area (TPSA) is 228 Å². The SMILES string of the molecule is CC/C=C\C/C=C\C/C=C\C/C=C\C/C=C\CCCCCCCCCC(=O)NC(COC1OC(CO)C(OC2OC(CO)C(O)C(O)C2O)C(O)C1O)C(O)/C=C/CC/C=C/CCCCCCCCCCC. The number of carbonyl (C=O) groups is 1. The number of allylic oxidation sites excluding steroid dienone is 13. The van der Waals surface area contributed by atoms with E-state index in [0.29, 0.717) is 12.8 Å². The standard InChI is InChI=1S/C58H99NO13/c1-3-5-7-9-11-13-15-17-19-20-21-22-23-24-25-26-28-30-32-34-36-38-40-42-50(63)59-46(47(62)41-39-37-35-33-31-29-27-18-16-14-12-10-8-6-4-2)45-69-57-55(68)53(66)56(49(44-61)71-57)72-58-54(67)52(65)51(64)48(43-60)70-58/h5,7,11,13,17,19,21-22,24-25,31,33,39,41,46-49,51-58,60-62,64-68H,3-4,6,8-10,12,14-16,18,20,23,26-30,32,34-38,40,42-45H2,1-2H3,(H,59,63)/b7-5-,13-11-,19-17-,22-21-,25-24-,33-31+,41-39+. The molecule has 14 nitrogen and oxygen atoms in total. The average Bonchev–Trinajstić information content (AvgIpc) is 3.38. The highest BCUT2D eigenvalue weighted by Gasteiger charge is 2.51. The normalized spacial score (nSPS) is 26.2. The van der Waals surface area contributed by atoms with Gasteiger partial charge in [0.05, 0.1) is 32.0 Å². The van der Waals surface area contributed by atoms with Gasteiger partial charge in [0.2, 0.25) is 5.91 Å². The van der Waals surface area contributed by atoms with Gasteiger partial charge in [-0.3, -0.25) is 4.79 Å². The van der Waals surface area contributed by atoms with Gasteiger partial charge >= 0.3 is 0 Å². The van der Waals surface area contributed by atoms with Crippen LogP contribution in [0.3, 0.4) is 0 Å². The number of nitrogens with one attached hydrogen (secondary N) is 1. The number of hydrogen-bond acceptors (Lipinski definition) is 13. The Morgan fingerprint density at radius 1 is 0.514 bits per heavy atom. The number of hydrogen-bond donors (Lipinski definition) is 9. The summed E-state index contributed by atoms with van der Waals surface area (Å²) >= 11 is 0. The first-order chi connectivity index (χ1) is 35.1. The highest BCUT2D eigenvalue weighted by molar-refractivity contribution is 5.76. The van der Waals surface area contributed by atoms with Crippen LogP contribution in [-0.4, -0.2) is 140 Å². The minimum absolute atomic E-state index is 0.256. The monoisotopic (exact) mass is 1020 g/mol. The lowest BCUT2D eigenvalue weighted by Crippen LogP contribution is -2.65. The van der Waals surface area contributed by atoms with E-state index < -0.39 is 86.8 Å². The first-order valence-electron chi connectivity index (χ1n) is 27.8. The van der Waals surface area contributed by atoms with Crippen LogP contribution in [0.15, 0.2) is 85.1 Å². The molecule has 14 heteroatoms. The van der Waals surface area contributed by atoms with Crippen molar-refractivity contribution in [2.75, 3.05) is 19.8 Å². The maximum Gasteiger partial charge on any atom is 0.220 e. The van der Waals surface area contributed by atoms with E-state index >= 15 is 0 Å². The molecule has 0 saturated carbocycles. The Morgan fingerprint density at radius 2 is 0.972 bits per heavy atom. The van der Waals surface area contributed by atoms with Gasteiger partial charge in [0.15, 0.2) is 12.6 Å². The van der Waals surface area contributed by atoms with Crippen molar-refractivity contribution in [1.82, 2.24) is 5.32 Å². The Balaban J connectivity index is 1.81. The summed E-state index contributed by atoms with van der Waals surface area (Å²) in [5.74, 6) is -0.265. The lowest BCUT2D eigenvalue weighted by Gasteiger charge is -2.46. The highest BCUT2D eigenvalue weighted by atomic mass is 16.7. The summed E-state index contributed by atoms with van der Waals surface area (Å²) in [6.45, 7) is 2.63. The van der Waals surface area contributed by atoms with Crippen LogP contribution in [0.25, 0.3) is 0 Å². The van der Waals surface area contributed by atoms with Crippen molar-refractivity contribution in [3.8, 4) is 0 Å². The number of aliphatic hydroxyl groups is 8. The van der Waals surface area contributed by atoms with Crippen molar-refractivity contribution >= 4 is 5.91 Å². The zero-order chi connectivity index (χ0) is 52.4.